The first-order chi connectivity index (χ1) is 11.7. The molecule has 26 heavy (non-hydrogen) atoms. The normalized spacial score (nSPS) is 15.4. The molecular formula is C16H24ClN3O5S. The number of nitro benzene ring substituents is 1. The second-order valence-electron chi connectivity index (χ2n) is 6.37. The molecule has 1 aromatic carbocycles. The number of piperidine rings is 1. The Kier molecular flexibility index (Phi) is 7.98. The first-order valence-corrected chi connectivity index (χ1v) is 10.0. The van der Waals surface area contributed by atoms with Crippen LogP contribution in [-0.4, -0.2) is 57.1 Å². The van der Waals surface area contributed by atoms with E-state index >= 15 is 0 Å². The van der Waals surface area contributed by atoms with Crippen molar-refractivity contribution >= 4 is 33.8 Å². The second-order valence-corrected chi connectivity index (χ2v) is 8.39. The average Bonchev–Trinajstić information content (AvgIpc) is 2.58. The third kappa shape index (κ3) is 5.65. The van der Waals surface area contributed by atoms with E-state index in [2.05, 4.69) is 5.32 Å². The summed E-state index contributed by atoms with van der Waals surface area (Å²) in [7, 11) is -1.74. The molecule has 0 saturated carbocycles. The minimum absolute atomic E-state index is 0. The molecule has 0 aliphatic carbocycles. The molecule has 1 fully saturated rings. The highest BCUT2D eigenvalue weighted by molar-refractivity contribution is 7.90. The molecule has 146 valence electrons. The van der Waals surface area contributed by atoms with Crippen LogP contribution < -0.4 is 5.32 Å². The molecule has 0 bridgehead atoms. The van der Waals surface area contributed by atoms with Crippen LogP contribution in [0.3, 0.4) is 0 Å². The van der Waals surface area contributed by atoms with Gasteiger partial charge in [0.15, 0.2) is 9.84 Å². The zero-order chi connectivity index (χ0) is 18.6. The molecule has 2 rings (SSSR count). The van der Waals surface area contributed by atoms with Gasteiger partial charge in [-0.05, 0) is 44.8 Å². The molecule has 0 unspecified atom stereocenters. The predicted octanol–water partition coefficient (Wildman–Crippen LogP) is 1.88. The zero-order valence-electron chi connectivity index (χ0n) is 14.8. The second kappa shape index (κ2) is 9.29. The molecule has 1 heterocycles. The zero-order valence-corrected chi connectivity index (χ0v) is 16.4. The number of halogens is 1. The van der Waals surface area contributed by atoms with Gasteiger partial charge in [-0.3, -0.25) is 14.9 Å². The number of benzene rings is 1. The third-order valence-electron chi connectivity index (χ3n) is 4.48. The van der Waals surface area contributed by atoms with E-state index in [1.165, 1.54) is 6.07 Å². The lowest BCUT2D eigenvalue weighted by atomic mass is 9.93. The topological polar surface area (TPSA) is 110 Å². The van der Waals surface area contributed by atoms with Gasteiger partial charge in [0.05, 0.1) is 9.82 Å². The monoisotopic (exact) mass is 405 g/mol. The molecular weight excluding hydrogens is 382 g/mol. The van der Waals surface area contributed by atoms with E-state index in [9.17, 15) is 23.3 Å². The fraction of sp³-hybridized carbons (Fsp3) is 0.562. The highest BCUT2D eigenvalue weighted by Crippen LogP contribution is 2.25. The predicted molar refractivity (Wildman–Crippen MR) is 101 cm³/mol. The maximum absolute atomic E-state index is 12.7. The van der Waals surface area contributed by atoms with Gasteiger partial charge in [0.2, 0.25) is 0 Å². The van der Waals surface area contributed by atoms with Crippen molar-refractivity contribution in [1.29, 1.82) is 0 Å². The van der Waals surface area contributed by atoms with Crippen molar-refractivity contribution in [2.75, 3.05) is 32.9 Å². The molecule has 0 radical (unpaired) electrons. The fourth-order valence-corrected chi connectivity index (χ4v) is 3.66. The molecule has 10 heteroatoms. The number of nitrogens with one attached hydrogen (secondary N) is 1. The first-order valence-electron chi connectivity index (χ1n) is 8.15. The van der Waals surface area contributed by atoms with E-state index in [0.717, 1.165) is 44.2 Å². The summed E-state index contributed by atoms with van der Waals surface area (Å²) in [5, 5.41) is 14.2. The van der Waals surface area contributed by atoms with E-state index in [1.54, 1.807) is 4.90 Å². The Hall–Kier alpha value is -1.71. The van der Waals surface area contributed by atoms with Crippen LogP contribution in [0.5, 0.6) is 0 Å². The minimum Gasteiger partial charge on any atom is -0.339 e. The van der Waals surface area contributed by atoms with Gasteiger partial charge >= 0.3 is 0 Å². The molecule has 0 atom stereocenters. The van der Waals surface area contributed by atoms with E-state index in [-0.39, 0.29) is 28.8 Å². The van der Waals surface area contributed by atoms with Crippen molar-refractivity contribution in [1.82, 2.24) is 10.2 Å². The number of non-ortho nitro benzene ring substituents is 1. The Morgan fingerprint density at radius 3 is 2.42 bits per heavy atom. The molecule has 1 amide bonds. The number of likely N-dealkylation sites (tertiary alicyclic amines) is 1. The number of hydrogen-bond acceptors (Lipinski definition) is 6. The number of carbonyl (C=O) groups is 1. The number of nitrogens with zero attached hydrogens (tertiary/aromatic N) is 2. The summed E-state index contributed by atoms with van der Waals surface area (Å²) in [5.74, 6) is 0.189. The lowest BCUT2D eigenvalue weighted by Crippen LogP contribution is -2.39. The van der Waals surface area contributed by atoms with Gasteiger partial charge in [-0.2, -0.15) is 0 Å². The van der Waals surface area contributed by atoms with Gasteiger partial charge in [0.25, 0.3) is 11.6 Å². The third-order valence-corrected chi connectivity index (χ3v) is 5.57. The van der Waals surface area contributed by atoms with Gasteiger partial charge in [-0.25, -0.2) is 8.42 Å². The molecule has 1 aliphatic rings. The van der Waals surface area contributed by atoms with Gasteiger partial charge in [-0.1, -0.05) is 0 Å². The average molecular weight is 406 g/mol. The summed E-state index contributed by atoms with van der Waals surface area (Å²) >= 11 is 0. The smallest absolute Gasteiger partial charge is 0.271 e. The highest BCUT2D eigenvalue weighted by Gasteiger charge is 2.26. The molecule has 8 nitrogen and oxygen atoms in total. The highest BCUT2D eigenvalue weighted by atomic mass is 35.5. The minimum atomic E-state index is -3.65. The Balaban J connectivity index is 0.00000338. The summed E-state index contributed by atoms with van der Waals surface area (Å²) in [6.07, 6.45) is 3.77. The lowest BCUT2D eigenvalue weighted by Gasteiger charge is -2.32. The number of amides is 1. The van der Waals surface area contributed by atoms with Crippen molar-refractivity contribution in [3.63, 3.8) is 0 Å². The summed E-state index contributed by atoms with van der Waals surface area (Å²) in [6, 6.07) is 3.35. The molecule has 0 spiro atoms. The molecule has 1 aromatic rings. The maximum Gasteiger partial charge on any atom is 0.271 e. The van der Waals surface area contributed by atoms with Crippen LogP contribution in [-0.2, 0) is 9.84 Å². The largest absolute Gasteiger partial charge is 0.339 e. The van der Waals surface area contributed by atoms with Crippen LogP contribution in [0.4, 0.5) is 5.69 Å². The number of hydrogen-bond donors (Lipinski definition) is 1. The Labute approximate surface area is 159 Å². The van der Waals surface area contributed by atoms with Crippen molar-refractivity contribution < 1.29 is 18.1 Å². The lowest BCUT2D eigenvalue weighted by molar-refractivity contribution is -0.385. The van der Waals surface area contributed by atoms with Gasteiger partial charge in [0, 0.05) is 37.0 Å². The van der Waals surface area contributed by atoms with Crippen LogP contribution in [0.1, 0.15) is 29.6 Å². The summed E-state index contributed by atoms with van der Waals surface area (Å²) in [4.78, 5) is 24.5. The van der Waals surface area contributed by atoms with E-state index in [1.807, 2.05) is 7.05 Å². The van der Waals surface area contributed by atoms with Gasteiger partial charge in [-0.15, -0.1) is 12.4 Å². The maximum atomic E-state index is 12.7. The van der Waals surface area contributed by atoms with Gasteiger partial charge < -0.3 is 10.2 Å². The molecule has 0 aromatic heterocycles. The van der Waals surface area contributed by atoms with Crippen molar-refractivity contribution in [2.24, 2.45) is 5.92 Å². The summed E-state index contributed by atoms with van der Waals surface area (Å²) in [5.41, 5.74) is -0.349. The standard InChI is InChI=1S/C16H23N3O5S.ClH/c1-17-6-3-12-4-7-18(8-5-12)16(20)13-9-14(19(21)22)11-15(10-13)25(2,23)24;/h9-12,17H,3-8H2,1-2H3;1H. The van der Waals surface area contributed by atoms with Crippen LogP contribution in [0.25, 0.3) is 0 Å². The number of carbonyl (C=O) groups excluding carboxylic acids is 1. The quantitative estimate of drug-likeness (QED) is 0.571. The molecule has 1 aliphatic heterocycles. The molecule has 1 N–H and O–H groups in total. The van der Waals surface area contributed by atoms with Crippen molar-refractivity contribution in [3.05, 3.63) is 33.9 Å². The van der Waals surface area contributed by atoms with E-state index < -0.39 is 20.4 Å². The van der Waals surface area contributed by atoms with E-state index in [4.69, 9.17) is 0 Å². The Bertz CT molecular complexity index is 761. The van der Waals surface area contributed by atoms with Crippen LogP contribution >= 0.6 is 12.4 Å². The van der Waals surface area contributed by atoms with Crippen molar-refractivity contribution in [3.8, 4) is 0 Å². The Morgan fingerprint density at radius 2 is 1.92 bits per heavy atom. The summed E-state index contributed by atoms with van der Waals surface area (Å²) < 4.78 is 23.5. The van der Waals surface area contributed by atoms with Crippen LogP contribution in [0.15, 0.2) is 23.1 Å². The van der Waals surface area contributed by atoms with E-state index in [0.29, 0.717) is 19.0 Å². The summed E-state index contributed by atoms with van der Waals surface area (Å²) in [6.45, 7) is 2.08. The fourth-order valence-electron chi connectivity index (χ4n) is 2.98. The van der Waals surface area contributed by atoms with Crippen molar-refractivity contribution in [2.45, 2.75) is 24.2 Å². The SMILES string of the molecule is CNCCC1CCN(C(=O)c2cc([N+](=O)[O-])cc(S(C)(=O)=O)c2)CC1.Cl. The van der Waals surface area contributed by atoms with Crippen LogP contribution in [0.2, 0.25) is 0 Å². The molecule has 1 saturated heterocycles. The Morgan fingerprint density at radius 1 is 1.31 bits per heavy atom. The number of nitro groups is 1. The van der Waals surface area contributed by atoms with Crippen LogP contribution in [0, 0.1) is 16.0 Å². The number of sulfone groups is 1. The number of rotatable bonds is 6. The van der Waals surface area contributed by atoms with Gasteiger partial charge in [0.1, 0.15) is 0 Å². The first kappa shape index (κ1) is 22.3.